The van der Waals surface area contributed by atoms with Crippen molar-refractivity contribution in [1.82, 2.24) is 5.32 Å². The molecule has 2 aliphatic heterocycles. The van der Waals surface area contributed by atoms with E-state index in [1.165, 1.54) is 0 Å². The Morgan fingerprint density at radius 1 is 1.10 bits per heavy atom. The van der Waals surface area contributed by atoms with Crippen LogP contribution in [0.15, 0.2) is 0 Å². The third kappa shape index (κ3) is 2.88. The second-order valence-electron chi connectivity index (χ2n) is 8.07. The van der Waals surface area contributed by atoms with E-state index >= 15 is 0 Å². The molecule has 2 rings (SSSR count). The zero-order valence-electron chi connectivity index (χ0n) is 14.6. The van der Waals surface area contributed by atoms with Crippen LogP contribution in [0.25, 0.3) is 0 Å². The molecule has 21 heavy (non-hydrogen) atoms. The lowest BCUT2D eigenvalue weighted by molar-refractivity contribution is -0.353. The van der Waals surface area contributed by atoms with Crippen molar-refractivity contribution in [2.75, 3.05) is 19.8 Å². The van der Waals surface area contributed by atoms with Crippen LogP contribution in [-0.4, -0.2) is 41.8 Å². The second-order valence-corrected chi connectivity index (χ2v) is 8.07. The van der Waals surface area contributed by atoms with Crippen LogP contribution in [0.4, 0.5) is 0 Å². The van der Waals surface area contributed by atoms with Gasteiger partial charge in [-0.15, -0.1) is 0 Å². The van der Waals surface area contributed by atoms with Gasteiger partial charge < -0.3 is 19.9 Å². The Labute approximate surface area is 129 Å². The van der Waals surface area contributed by atoms with Crippen LogP contribution >= 0.6 is 0 Å². The fraction of sp³-hybridized carbons (Fsp3) is 1.00. The quantitative estimate of drug-likeness (QED) is 0.841. The molecule has 0 amide bonds. The average Bonchev–Trinajstić information content (AvgIpc) is 2.48. The summed E-state index contributed by atoms with van der Waals surface area (Å²) < 4.78 is 12.6. The summed E-state index contributed by atoms with van der Waals surface area (Å²) in [4.78, 5) is 0. The molecule has 124 valence electrons. The number of aliphatic hydroxyl groups excluding tert-OH is 1. The first-order chi connectivity index (χ1) is 9.67. The van der Waals surface area contributed by atoms with Gasteiger partial charge in [-0.05, 0) is 26.7 Å². The van der Waals surface area contributed by atoms with Crippen LogP contribution < -0.4 is 5.32 Å². The largest absolute Gasteiger partial charge is 0.396 e. The fourth-order valence-corrected chi connectivity index (χ4v) is 3.75. The predicted octanol–water partition coefficient (Wildman–Crippen LogP) is 2.69. The van der Waals surface area contributed by atoms with Crippen LogP contribution in [0.5, 0.6) is 0 Å². The summed E-state index contributed by atoms with van der Waals surface area (Å²) >= 11 is 0. The normalized spacial score (nSPS) is 51.3. The molecule has 2 fully saturated rings. The maximum absolute atomic E-state index is 9.53. The highest BCUT2D eigenvalue weighted by atomic mass is 16.7. The Morgan fingerprint density at radius 2 is 1.67 bits per heavy atom. The number of rotatable bonds is 3. The van der Waals surface area contributed by atoms with Crippen LogP contribution in [0, 0.1) is 11.3 Å². The van der Waals surface area contributed by atoms with Crippen LogP contribution in [0.3, 0.4) is 0 Å². The molecule has 0 saturated carbocycles. The molecular formula is C17H33NO3. The molecule has 3 unspecified atom stereocenters. The standard InChI is InChI=1S/C17H33NO3/c1-7-15(5)9-17(13(3)16(6,8-2)18-15)20-11-14(4,10-19)12-21-17/h13,18-19H,7-12H2,1-6H3. The third-order valence-corrected chi connectivity index (χ3v) is 6.07. The number of nitrogens with one attached hydrogen (secondary N) is 1. The van der Waals surface area contributed by atoms with E-state index in [1.807, 2.05) is 6.92 Å². The summed E-state index contributed by atoms with van der Waals surface area (Å²) in [6, 6.07) is 0. The Bertz CT molecular complexity index is 378. The number of hydrogen-bond acceptors (Lipinski definition) is 4. The zero-order valence-corrected chi connectivity index (χ0v) is 14.6. The Kier molecular flexibility index (Phi) is 4.49. The van der Waals surface area contributed by atoms with E-state index in [-0.39, 0.29) is 29.0 Å². The van der Waals surface area contributed by atoms with Gasteiger partial charge in [-0.3, -0.25) is 0 Å². The first-order valence-corrected chi connectivity index (χ1v) is 8.35. The van der Waals surface area contributed by atoms with E-state index in [0.717, 1.165) is 19.3 Å². The van der Waals surface area contributed by atoms with Gasteiger partial charge in [0.15, 0.2) is 5.79 Å². The maximum Gasteiger partial charge on any atom is 0.174 e. The highest BCUT2D eigenvalue weighted by Gasteiger charge is 2.58. The minimum atomic E-state index is -0.532. The summed E-state index contributed by atoms with van der Waals surface area (Å²) in [6.07, 6.45) is 2.94. The highest BCUT2D eigenvalue weighted by molar-refractivity contribution is 5.09. The lowest BCUT2D eigenvalue weighted by Gasteiger charge is -2.60. The second kappa shape index (κ2) is 5.48. The minimum Gasteiger partial charge on any atom is -0.396 e. The molecule has 2 heterocycles. The predicted molar refractivity (Wildman–Crippen MR) is 84.1 cm³/mol. The molecule has 2 aliphatic rings. The van der Waals surface area contributed by atoms with Crippen LogP contribution in [0.1, 0.15) is 60.8 Å². The van der Waals surface area contributed by atoms with Crippen LogP contribution in [0.2, 0.25) is 0 Å². The third-order valence-electron chi connectivity index (χ3n) is 6.07. The summed E-state index contributed by atoms with van der Waals surface area (Å²) in [5.41, 5.74) is -0.263. The van der Waals surface area contributed by atoms with Crippen molar-refractivity contribution >= 4 is 0 Å². The molecule has 1 spiro atoms. The number of hydrogen-bond donors (Lipinski definition) is 2. The van der Waals surface area contributed by atoms with Crippen molar-refractivity contribution < 1.29 is 14.6 Å². The Hall–Kier alpha value is -0.160. The highest BCUT2D eigenvalue weighted by Crippen LogP contribution is 2.48. The topological polar surface area (TPSA) is 50.7 Å². The van der Waals surface area contributed by atoms with Crippen molar-refractivity contribution in [3.05, 3.63) is 0 Å². The number of piperidine rings is 1. The van der Waals surface area contributed by atoms with E-state index in [1.54, 1.807) is 0 Å². The van der Waals surface area contributed by atoms with E-state index in [0.29, 0.717) is 13.2 Å². The van der Waals surface area contributed by atoms with Gasteiger partial charge >= 0.3 is 0 Å². The van der Waals surface area contributed by atoms with Gasteiger partial charge in [-0.25, -0.2) is 0 Å². The van der Waals surface area contributed by atoms with Crippen molar-refractivity contribution in [2.24, 2.45) is 11.3 Å². The molecule has 4 nitrogen and oxygen atoms in total. The molecule has 2 saturated heterocycles. The molecule has 0 radical (unpaired) electrons. The lowest BCUT2D eigenvalue weighted by Crippen LogP contribution is -2.73. The number of aliphatic hydroxyl groups is 1. The van der Waals surface area contributed by atoms with Gasteiger partial charge in [0, 0.05) is 28.8 Å². The van der Waals surface area contributed by atoms with E-state index < -0.39 is 5.79 Å². The molecule has 0 aromatic rings. The molecule has 0 aromatic heterocycles. The average molecular weight is 299 g/mol. The molecule has 2 N–H and O–H groups in total. The monoisotopic (exact) mass is 299 g/mol. The summed E-state index contributed by atoms with van der Waals surface area (Å²) in [7, 11) is 0. The number of ether oxygens (including phenoxy) is 2. The van der Waals surface area contributed by atoms with Crippen molar-refractivity contribution in [3.63, 3.8) is 0 Å². The molecule has 0 bridgehead atoms. The van der Waals surface area contributed by atoms with Gasteiger partial charge in [0.1, 0.15) is 0 Å². The SMILES string of the molecule is CCC1(C)CC2(OCC(C)(CO)CO2)C(C)C(C)(CC)N1. The first-order valence-electron chi connectivity index (χ1n) is 8.35. The van der Waals surface area contributed by atoms with E-state index in [2.05, 4.69) is 39.9 Å². The van der Waals surface area contributed by atoms with E-state index in [4.69, 9.17) is 9.47 Å². The van der Waals surface area contributed by atoms with Gasteiger partial charge in [0.25, 0.3) is 0 Å². The fourth-order valence-electron chi connectivity index (χ4n) is 3.75. The van der Waals surface area contributed by atoms with Gasteiger partial charge in [0.2, 0.25) is 0 Å². The van der Waals surface area contributed by atoms with Crippen molar-refractivity contribution in [3.8, 4) is 0 Å². The smallest absolute Gasteiger partial charge is 0.174 e. The molecule has 0 aliphatic carbocycles. The maximum atomic E-state index is 9.53. The molecule has 3 atom stereocenters. The summed E-state index contributed by atoms with van der Waals surface area (Å²) in [5.74, 6) is -0.270. The summed E-state index contributed by atoms with van der Waals surface area (Å²) in [5, 5.41) is 13.4. The lowest BCUT2D eigenvalue weighted by atomic mass is 9.67. The van der Waals surface area contributed by atoms with E-state index in [9.17, 15) is 5.11 Å². The Balaban J connectivity index is 2.29. The van der Waals surface area contributed by atoms with Gasteiger partial charge in [-0.2, -0.15) is 0 Å². The van der Waals surface area contributed by atoms with Gasteiger partial charge in [-0.1, -0.05) is 27.7 Å². The zero-order chi connectivity index (χ0) is 15.9. The minimum absolute atomic E-state index is 0.00400. The van der Waals surface area contributed by atoms with Gasteiger partial charge in [0.05, 0.1) is 19.8 Å². The summed E-state index contributed by atoms with van der Waals surface area (Å²) in [6.45, 7) is 14.5. The molecule has 0 aromatic carbocycles. The van der Waals surface area contributed by atoms with Crippen LogP contribution in [-0.2, 0) is 9.47 Å². The first kappa shape index (κ1) is 17.2. The van der Waals surface area contributed by atoms with Crippen molar-refractivity contribution in [2.45, 2.75) is 77.7 Å². The molecular weight excluding hydrogens is 266 g/mol. The molecule has 4 heteroatoms. The van der Waals surface area contributed by atoms with Crippen molar-refractivity contribution in [1.29, 1.82) is 0 Å². The Morgan fingerprint density at radius 3 is 2.10 bits per heavy atom.